The highest BCUT2D eigenvalue weighted by molar-refractivity contribution is 5.94. The van der Waals surface area contributed by atoms with Crippen LogP contribution in [-0.2, 0) is 13.0 Å². The number of pyridine rings is 1. The van der Waals surface area contributed by atoms with Crippen LogP contribution in [0.5, 0.6) is 5.75 Å². The number of nitrogens with zero attached hydrogens (tertiary/aromatic N) is 1. The SMILES string of the molecule is O=C(NNC1=CCc2ccccc21)c1ccc(COc2cccc3cccnc23)cc1. The maximum absolute atomic E-state index is 12.5. The summed E-state index contributed by atoms with van der Waals surface area (Å²) in [5.41, 5.74) is 11.5. The Kier molecular flexibility index (Phi) is 5.07. The zero-order chi connectivity index (χ0) is 21.0. The molecule has 0 radical (unpaired) electrons. The molecule has 0 aliphatic heterocycles. The molecule has 5 heteroatoms. The molecular weight excluding hydrogens is 386 g/mol. The van der Waals surface area contributed by atoms with Gasteiger partial charge in [0, 0.05) is 22.7 Å². The Morgan fingerprint density at radius 3 is 2.68 bits per heavy atom. The van der Waals surface area contributed by atoms with Gasteiger partial charge in [-0.15, -0.1) is 0 Å². The molecule has 0 unspecified atom stereocenters. The monoisotopic (exact) mass is 407 g/mol. The van der Waals surface area contributed by atoms with E-state index in [-0.39, 0.29) is 5.91 Å². The number of ether oxygens (including phenoxy) is 1. The second-order valence-corrected chi connectivity index (χ2v) is 7.38. The molecule has 0 atom stereocenters. The number of hydrazine groups is 1. The molecule has 1 aromatic heterocycles. The first-order valence-corrected chi connectivity index (χ1v) is 10.2. The molecule has 0 saturated heterocycles. The molecule has 152 valence electrons. The average Bonchev–Trinajstić information content (AvgIpc) is 3.24. The third kappa shape index (κ3) is 3.98. The predicted octanol–water partition coefficient (Wildman–Crippen LogP) is 4.65. The molecule has 0 fully saturated rings. The van der Waals surface area contributed by atoms with E-state index >= 15 is 0 Å². The average molecular weight is 407 g/mol. The van der Waals surface area contributed by atoms with Gasteiger partial charge in [-0.05, 0) is 41.8 Å². The first-order chi connectivity index (χ1) is 15.3. The molecule has 1 aliphatic rings. The van der Waals surface area contributed by atoms with Crippen molar-refractivity contribution in [2.75, 3.05) is 0 Å². The first kappa shape index (κ1) is 18.9. The lowest BCUT2D eigenvalue weighted by atomic mass is 10.1. The van der Waals surface area contributed by atoms with E-state index in [1.807, 2.05) is 60.7 Å². The number of para-hydroxylation sites is 1. The van der Waals surface area contributed by atoms with Crippen LogP contribution in [0.25, 0.3) is 16.6 Å². The summed E-state index contributed by atoms with van der Waals surface area (Å²) in [7, 11) is 0. The minimum Gasteiger partial charge on any atom is -0.487 e. The molecule has 1 aliphatic carbocycles. The number of hydrogen-bond donors (Lipinski definition) is 2. The molecule has 4 aromatic rings. The summed E-state index contributed by atoms with van der Waals surface area (Å²) in [6.45, 7) is 0.402. The van der Waals surface area contributed by atoms with E-state index in [0.717, 1.165) is 39.9 Å². The fraction of sp³-hybridized carbons (Fsp3) is 0.0769. The first-order valence-electron chi connectivity index (χ1n) is 10.2. The number of fused-ring (bicyclic) bond motifs is 2. The largest absolute Gasteiger partial charge is 0.487 e. The van der Waals surface area contributed by atoms with Crippen LogP contribution < -0.4 is 15.6 Å². The Hall–Kier alpha value is -4.12. The molecular formula is C26H21N3O2. The summed E-state index contributed by atoms with van der Waals surface area (Å²) >= 11 is 0. The van der Waals surface area contributed by atoms with Gasteiger partial charge < -0.3 is 4.74 Å². The van der Waals surface area contributed by atoms with Crippen molar-refractivity contribution in [3.8, 4) is 5.75 Å². The van der Waals surface area contributed by atoms with Crippen LogP contribution in [0.1, 0.15) is 27.0 Å². The van der Waals surface area contributed by atoms with Gasteiger partial charge in [-0.1, -0.05) is 60.7 Å². The van der Waals surface area contributed by atoms with Crippen molar-refractivity contribution in [2.24, 2.45) is 0 Å². The number of nitrogens with one attached hydrogen (secondary N) is 2. The van der Waals surface area contributed by atoms with Crippen molar-refractivity contribution in [1.82, 2.24) is 15.8 Å². The summed E-state index contributed by atoms with van der Waals surface area (Å²) in [5, 5.41) is 1.04. The van der Waals surface area contributed by atoms with Gasteiger partial charge in [-0.25, -0.2) is 0 Å². The summed E-state index contributed by atoms with van der Waals surface area (Å²) in [4.78, 5) is 16.9. The predicted molar refractivity (Wildman–Crippen MR) is 121 cm³/mol. The zero-order valence-corrected chi connectivity index (χ0v) is 16.8. The summed E-state index contributed by atoms with van der Waals surface area (Å²) < 4.78 is 5.97. The molecule has 0 bridgehead atoms. The maximum atomic E-state index is 12.5. The van der Waals surface area contributed by atoms with Crippen molar-refractivity contribution in [2.45, 2.75) is 13.0 Å². The number of rotatable bonds is 6. The topological polar surface area (TPSA) is 63.2 Å². The van der Waals surface area contributed by atoms with E-state index in [1.165, 1.54) is 5.56 Å². The van der Waals surface area contributed by atoms with Crippen molar-refractivity contribution in [3.05, 3.63) is 113 Å². The number of allylic oxidation sites excluding steroid dienone is 1. The second-order valence-electron chi connectivity index (χ2n) is 7.38. The minimum absolute atomic E-state index is 0.184. The number of carbonyl (C=O) groups excluding carboxylic acids is 1. The second kappa shape index (κ2) is 8.32. The highest BCUT2D eigenvalue weighted by Gasteiger charge is 2.14. The molecule has 2 N–H and O–H groups in total. The van der Waals surface area contributed by atoms with Crippen molar-refractivity contribution < 1.29 is 9.53 Å². The van der Waals surface area contributed by atoms with E-state index in [1.54, 1.807) is 18.3 Å². The maximum Gasteiger partial charge on any atom is 0.269 e. The molecule has 3 aromatic carbocycles. The smallest absolute Gasteiger partial charge is 0.269 e. The van der Waals surface area contributed by atoms with Gasteiger partial charge in [-0.3, -0.25) is 20.6 Å². The van der Waals surface area contributed by atoms with Crippen LogP contribution in [0.15, 0.2) is 91.1 Å². The lowest BCUT2D eigenvalue weighted by molar-refractivity contribution is 0.0942. The van der Waals surface area contributed by atoms with E-state index in [0.29, 0.717) is 12.2 Å². The van der Waals surface area contributed by atoms with Crippen LogP contribution >= 0.6 is 0 Å². The standard InChI is InChI=1S/C26H21N3O2/c30-26(29-28-23-15-14-19-5-1-2-8-22(19)23)21-12-10-18(11-13-21)17-31-24-9-3-6-20-7-4-16-27-25(20)24/h1-13,15-16,28H,14,17H2,(H,29,30). The van der Waals surface area contributed by atoms with Gasteiger partial charge in [-0.2, -0.15) is 0 Å². The molecule has 0 spiro atoms. The Morgan fingerprint density at radius 2 is 1.77 bits per heavy atom. The highest BCUT2D eigenvalue weighted by atomic mass is 16.5. The summed E-state index contributed by atoms with van der Waals surface area (Å²) in [6.07, 6.45) is 4.71. The van der Waals surface area contributed by atoms with Crippen molar-refractivity contribution >= 4 is 22.5 Å². The molecule has 5 rings (SSSR count). The Morgan fingerprint density at radius 1 is 0.935 bits per heavy atom. The van der Waals surface area contributed by atoms with Gasteiger partial charge in [0.25, 0.3) is 5.91 Å². The van der Waals surface area contributed by atoms with E-state index in [9.17, 15) is 4.79 Å². The Bertz CT molecular complexity index is 1270. The zero-order valence-electron chi connectivity index (χ0n) is 16.8. The molecule has 0 saturated carbocycles. The van der Waals surface area contributed by atoms with Crippen LogP contribution in [0, 0.1) is 0 Å². The van der Waals surface area contributed by atoms with E-state index in [4.69, 9.17) is 4.74 Å². The molecule has 1 heterocycles. The Labute approximate surface area is 180 Å². The summed E-state index contributed by atoms with van der Waals surface area (Å²) in [5.74, 6) is 0.560. The van der Waals surface area contributed by atoms with Crippen LogP contribution in [0.3, 0.4) is 0 Å². The number of carbonyl (C=O) groups is 1. The van der Waals surface area contributed by atoms with E-state index < -0.39 is 0 Å². The lowest BCUT2D eigenvalue weighted by Gasteiger charge is -2.12. The van der Waals surface area contributed by atoms with Crippen LogP contribution in [0.2, 0.25) is 0 Å². The lowest BCUT2D eigenvalue weighted by Crippen LogP contribution is -2.35. The fourth-order valence-corrected chi connectivity index (χ4v) is 3.70. The van der Waals surface area contributed by atoms with Gasteiger partial charge in [0.05, 0.1) is 5.70 Å². The molecule has 5 nitrogen and oxygen atoms in total. The van der Waals surface area contributed by atoms with Crippen molar-refractivity contribution in [1.29, 1.82) is 0 Å². The van der Waals surface area contributed by atoms with Crippen LogP contribution in [0.4, 0.5) is 0 Å². The minimum atomic E-state index is -0.184. The van der Waals surface area contributed by atoms with Crippen LogP contribution in [-0.4, -0.2) is 10.9 Å². The normalized spacial score (nSPS) is 12.2. The fourth-order valence-electron chi connectivity index (χ4n) is 3.70. The third-order valence-electron chi connectivity index (χ3n) is 5.35. The van der Waals surface area contributed by atoms with E-state index in [2.05, 4.69) is 28.0 Å². The number of amides is 1. The van der Waals surface area contributed by atoms with Gasteiger partial charge >= 0.3 is 0 Å². The third-order valence-corrected chi connectivity index (χ3v) is 5.35. The Balaban J connectivity index is 1.19. The number of hydrogen-bond acceptors (Lipinski definition) is 4. The number of aromatic nitrogens is 1. The number of benzene rings is 3. The summed E-state index contributed by atoms with van der Waals surface area (Å²) in [6, 6.07) is 25.4. The van der Waals surface area contributed by atoms with Crippen molar-refractivity contribution in [3.63, 3.8) is 0 Å². The molecule has 1 amide bonds. The van der Waals surface area contributed by atoms with Gasteiger partial charge in [0.15, 0.2) is 0 Å². The quantitative estimate of drug-likeness (QED) is 0.457. The van der Waals surface area contributed by atoms with Gasteiger partial charge in [0.2, 0.25) is 0 Å². The highest BCUT2D eigenvalue weighted by Crippen LogP contribution is 2.25. The molecule has 31 heavy (non-hydrogen) atoms. The van der Waals surface area contributed by atoms with Gasteiger partial charge in [0.1, 0.15) is 17.9 Å².